The van der Waals surface area contributed by atoms with Crippen molar-refractivity contribution in [2.75, 3.05) is 19.8 Å². The topological polar surface area (TPSA) is 18.5 Å². The third kappa shape index (κ3) is 5.08. The third-order valence-corrected chi connectivity index (χ3v) is 2.15. The number of hydrogen-bond donors (Lipinski definition) is 0. The highest BCUT2D eigenvalue weighted by molar-refractivity contribution is 5.39. The zero-order valence-corrected chi connectivity index (χ0v) is 9.80. The summed E-state index contributed by atoms with van der Waals surface area (Å²) in [5, 5.41) is 0. The van der Waals surface area contributed by atoms with Crippen LogP contribution in [0.3, 0.4) is 0 Å². The molecule has 1 rings (SSSR count). The van der Waals surface area contributed by atoms with Gasteiger partial charge in [0.05, 0.1) is 6.61 Å². The molecule has 0 amide bonds. The molecule has 0 N–H and O–H groups in total. The molecule has 0 spiro atoms. The lowest BCUT2D eigenvalue weighted by atomic mass is 10.1. The van der Waals surface area contributed by atoms with E-state index < -0.39 is 12.8 Å². The van der Waals surface area contributed by atoms with Crippen LogP contribution in [0.5, 0.6) is 5.75 Å². The Morgan fingerprint density at radius 1 is 1.06 bits per heavy atom. The van der Waals surface area contributed by atoms with Crippen molar-refractivity contribution in [2.24, 2.45) is 0 Å². The largest absolute Gasteiger partial charge is 0.491 e. The second kappa shape index (κ2) is 5.91. The van der Waals surface area contributed by atoms with Crippen molar-refractivity contribution in [3.8, 4) is 5.75 Å². The maximum Gasteiger partial charge on any atom is 0.411 e. The van der Waals surface area contributed by atoms with Crippen LogP contribution in [0, 0.1) is 13.8 Å². The van der Waals surface area contributed by atoms with Crippen molar-refractivity contribution >= 4 is 0 Å². The summed E-state index contributed by atoms with van der Waals surface area (Å²) in [4.78, 5) is 0. The molecule has 0 atom stereocenters. The van der Waals surface area contributed by atoms with E-state index in [9.17, 15) is 13.2 Å². The van der Waals surface area contributed by atoms with Gasteiger partial charge in [0, 0.05) is 0 Å². The first-order chi connectivity index (χ1) is 7.90. The van der Waals surface area contributed by atoms with Gasteiger partial charge in [-0.3, -0.25) is 0 Å². The van der Waals surface area contributed by atoms with Crippen molar-refractivity contribution in [1.82, 2.24) is 0 Å². The van der Waals surface area contributed by atoms with E-state index in [2.05, 4.69) is 4.74 Å². The number of benzene rings is 1. The molecule has 5 heteroatoms. The van der Waals surface area contributed by atoms with Gasteiger partial charge in [-0.1, -0.05) is 18.2 Å². The summed E-state index contributed by atoms with van der Waals surface area (Å²) in [5.41, 5.74) is 1.92. The molecule has 0 aliphatic rings. The smallest absolute Gasteiger partial charge is 0.411 e. The molecule has 0 unspecified atom stereocenters. The average Bonchev–Trinajstić information content (AvgIpc) is 2.20. The molecule has 0 saturated carbocycles. The summed E-state index contributed by atoms with van der Waals surface area (Å²) in [5.74, 6) is 0.711. The van der Waals surface area contributed by atoms with Crippen LogP contribution in [0.4, 0.5) is 13.2 Å². The van der Waals surface area contributed by atoms with E-state index in [0.717, 1.165) is 11.1 Å². The first-order valence-corrected chi connectivity index (χ1v) is 5.23. The van der Waals surface area contributed by atoms with Crippen LogP contribution in [0.2, 0.25) is 0 Å². The summed E-state index contributed by atoms with van der Waals surface area (Å²) in [6, 6.07) is 5.68. The fourth-order valence-electron chi connectivity index (χ4n) is 1.42. The van der Waals surface area contributed by atoms with E-state index in [1.54, 1.807) is 0 Å². The van der Waals surface area contributed by atoms with Crippen LogP contribution in [-0.2, 0) is 4.74 Å². The number of halogens is 3. The Balaban J connectivity index is 2.32. The number of aryl methyl sites for hydroxylation is 2. The van der Waals surface area contributed by atoms with E-state index in [-0.39, 0.29) is 13.2 Å². The van der Waals surface area contributed by atoms with Gasteiger partial charge in [-0.25, -0.2) is 0 Å². The van der Waals surface area contributed by atoms with Crippen molar-refractivity contribution in [1.29, 1.82) is 0 Å². The lowest BCUT2D eigenvalue weighted by molar-refractivity contribution is -0.175. The Hall–Kier alpha value is -1.23. The lowest BCUT2D eigenvalue weighted by Crippen LogP contribution is -2.19. The number of para-hydroxylation sites is 1. The van der Waals surface area contributed by atoms with Crippen molar-refractivity contribution in [3.05, 3.63) is 29.3 Å². The standard InChI is InChI=1S/C12H15F3O2/c1-9-4-3-5-10(2)11(9)17-7-6-16-8-12(13,14)15/h3-5H,6-8H2,1-2H3. The SMILES string of the molecule is Cc1cccc(C)c1OCCOCC(F)(F)F. The molecule has 17 heavy (non-hydrogen) atoms. The summed E-state index contributed by atoms with van der Waals surface area (Å²) < 4.78 is 45.1. The van der Waals surface area contributed by atoms with Crippen molar-refractivity contribution in [2.45, 2.75) is 20.0 Å². The summed E-state index contributed by atoms with van der Waals surface area (Å²) in [6.07, 6.45) is -4.28. The Morgan fingerprint density at radius 2 is 1.65 bits per heavy atom. The lowest BCUT2D eigenvalue weighted by Gasteiger charge is -2.12. The van der Waals surface area contributed by atoms with Gasteiger partial charge in [0.1, 0.15) is 19.0 Å². The first-order valence-electron chi connectivity index (χ1n) is 5.23. The van der Waals surface area contributed by atoms with Gasteiger partial charge in [0.2, 0.25) is 0 Å². The van der Waals surface area contributed by atoms with Gasteiger partial charge in [0.25, 0.3) is 0 Å². The molecule has 0 aliphatic heterocycles. The Bertz CT molecular complexity index is 341. The Kier molecular flexibility index (Phi) is 4.81. The highest BCUT2D eigenvalue weighted by atomic mass is 19.4. The van der Waals surface area contributed by atoms with Crippen molar-refractivity contribution < 1.29 is 22.6 Å². The van der Waals surface area contributed by atoms with Crippen LogP contribution in [0.1, 0.15) is 11.1 Å². The Labute approximate surface area is 98.3 Å². The van der Waals surface area contributed by atoms with Gasteiger partial charge in [-0.15, -0.1) is 0 Å². The van der Waals surface area contributed by atoms with Gasteiger partial charge in [-0.05, 0) is 25.0 Å². The van der Waals surface area contributed by atoms with Crippen LogP contribution in [0.15, 0.2) is 18.2 Å². The van der Waals surface area contributed by atoms with Crippen molar-refractivity contribution in [3.63, 3.8) is 0 Å². The molecular formula is C12H15F3O2. The quantitative estimate of drug-likeness (QED) is 0.744. The summed E-state index contributed by atoms with van der Waals surface area (Å²) in [6.45, 7) is 2.58. The van der Waals surface area contributed by atoms with Crippen LogP contribution in [0.25, 0.3) is 0 Å². The first kappa shape index (κ1) is 13.8. The molecule has 1 aromatic carbocycles. The summed E-state index contributed by atoms with van der Waals surface area (Å²) in [7, 11) is 0. The minimum absolute atomic E-state index is 0.0761. The monoisotopic (exact) mass is 248 g/mol. The second-order valence-electron chi connectivity index (χ2n) is 3.74. The molecule has 0 heterocycles. The van der Waals surface area contributed by atoms with Crippen LogP contribution in [-0.4, -0.2) is 26.0 Å². The van der Waals surface area contributed by atoms with Crippen LogP contribution < -0.4 is 4.74 Å². The van der Waals surface area contributed by atoms with E-state index in [4.69, 9.17) is 4.74 Å². The van der Waals surface area contributed by atoms with E-state index >= 15 is 0 Å². The molecule has 0 fully saturated rings. The molecular weight excluding hydrogens is 233 g/mol. The zero-order valence-electron chi connectivity index (χ0n) is 9.80. The molecule has 2 nitrogen and oxygen atoms in total. The highest BCUT2D eigenvalue weighted by Gasteiger charge is 2.27. The highest BCUT2D eigenvalue weighted by Crippen LogP contribution is 2.22. The number of ether oxygens (including phenoxy) is 2. The number of hydrogen-bond acceptors (Lipinski definition) is 2. The molecule has 0 radical (unpaired) electrons. The second-order valence-corrected chi connectivity index (χ2v) is 3.74. The zero-order chi connectivity index (χ0) is 12.9. The molecule has 0 aliphatic carbocycles. The minimum Gasteiger partial charge on any atom is -0.491 e. The van der Waals surface area contributed by atoms with Gasteiger partial charge in [-0.2, -0.15) is 13.2 Å². The third-order valence-electron chi connectivity index (χ3n) is 2.15. The maximum atomic E-state index is 11.8. The molecule has 0 aromatic heterocycles. The van der Waals surface area contributed by atoms with Gasteiger partial charge in [0.15, 0.2) is 0 Å². The molecule has 0 bridgehead atoms. The average molecular weight is 248 g/mol. The fraction of sp³-hybridized carbons (Fsp3) is 0.500. The molecule has 96 valence electrons. The minimum atomic E-state index is -4.28. The van der Waals surface area contributed by atoms with Gasteiger partial charge >= 0.3 is 6.18 Å². The fourth-order valence-corrected chi connectivity index (χ4v) is 1.42. The predicted molar refractivity (Wildman–Crippen MR) is 58.3 cm³/mol. The Morgan fingerprint density at radius 3 is 2.18 bits per heavy atom. The number of alkyl halides is 3. The normalized spacial score (nSPS) is 11.6. The molecule has 0 saturated heterocycles. The number of rotatable bonds is 5. The van der Waals surface area contributed by atoms with Gasteiger partial charge < -0.3 is 9.47 Å². The predicted octanol–water partition coefficient (Wildman–Crippen LogP) is 3.26. The van der Waals surface area contributed by atoms with E-state index in [1.165, 1.54) is 0 Å². The van der Waals surface area contributed by atoms with E-state index in [0.29, 0.717) is 5.75 Å². The summed E-state index contributed by atoms with van der Waals surface area (Å²) >= 11 is 0. The van der Waals surface area contributed by atoms with Crippen LogP contribution >= 0.6 is 0 Å². The molecule has 1 aromatic rings. The maximum absolute atomic E-state index is 11.8. The van der Waals surface area contributed by atoms with E-state index in [1.807, 2.05) is 32.0 Å².